The first-order valence-electron chi connectivity index (χ1n) is 5.50. The molecule has 0 heterocycles. The third-order valence-electron chi connectivity index (χ3n) is 2.76. The number of methoxy groups -OCH3 is 1. The molecule has 1 unspecified atom stereocenters. The highest BCUT2D eigenvalue weighted by atomic mass is 79.9. The van der Waals surface area contributed by atoms with E-state index < -0.39 is 23.3 Å². The van der Waals surface area contributed by atoms with Crippen LogP contribution in [-0.2, 0) is 0 Å². The molecule has 2 rings (SSSR count). The SMILES string of the molecule is COc1cc(F)c(C(O)c2ccccc2Br)c(F)c1. The van der Waals surface area contributed by atoms with Crippen LogP contribution in [0.1, 0.15) is 17.2 Å². The summed E-state index contributed by atoms with van der Waals surface area (Å²) in [5, 5.41) is 10.1. The van der Waals surface area contributed by atoms with Gasteiger partial charge in [-0.3, -0.25) is 0 Å². The van der Waals surface area contributed by atoms with Crippen LogP contribution >= 0.6 is 15.9 Å². The van der Waals surface area contributed by atoms with Crippen LogP contribution in [0.15, 0.2) is 40.9 Å². The molecule has 0 spiro atoms. The summed E-state index contributed by atoms with van der Waals surface area (Å²) in [7, 11) is 1.32. The Morgan fingerprint density at radius 3 is 2.26 bits per heavy atom. The van der Waals surface area contributed by atoms with Crippen molar-refractivity contribution in [3.05, 3.63) is 63.6 Å². The van der Waals surface area contributed by atoms with Crippen molar-refractivity contribution in [2.24, 2.45) is 0 Å². The van der Waals surface area contributed by atoms with Gasteiger partial charge in [0, 0.05) is 16.6 Å². The van der Waals surface area contributed by atoms with Crippen molar-refractivity contribution >= 4 is 15.9 Å². The van der Waals surface area contributed by atoms with Crippen LogP contribution in [0.4, 0.5) is 8.78 Å². The normalized spacial score (nSPS) is 12.3. The second kappa shape index (κ2) is 5.67. The summed E-state index contributed by atoms with van der Waals surface area (Å²) >= 11 is 3.24. The van der Waals surface area contributed by atoms with Crippen molar-refractivity contribution in [1.29, 1.82) is 0 Å². The molecule has 1 N–H and O–H groups in total. The topological polar surface area (TPSA) is 29.5 Å². The number of hydrogen-bond acceptors (Lipinski definition) is 2. The zero-order chi connectivity index (χ0) is 14.0. The maximum absolute atomic E-state index is 13.9. The number of halogens is 3. The molecule has 0 saturated heterocycles. The Labute approximate surface area is 117 Å². The van der Waals surface area contributed by atoms with E-state index in [1.807, 2.05) is 0 Å². The molecule has 0 radical (unpaired) electrons. The standard InChI is InChI=1S/C14H11BrF2O2/c1-19-8-6-11(16)13(12(17)7-8)14(18)9-4-2-3-5-10(9)15/h2-7,14,18H,1H3. The van der Waals surface area contributed by atoms with Gasteiger partial charge in [-0.1, -0.05) is 34.1 Å². The molecule has 0 aliphatic rings. The molecule has 0 fully saturated rings. The molecule has 0 bridgehead atoms. The molecule has 0 aromatic heterocycles. The number of hydrogen-bond donors (Lipinski definition) is 1. The Morgan fingerprint density at radius 2 is 1.74 bits per heavy atom. The first-order valence-corrected chi connectivity index (χ1v) is 6.29. The molecule has 2 nitrogen and oxygen atoms in total. The van der Waals surface area contributed by atoms with Crippen LogP contribution in [0.25, 0.3) is 0 Å². The van der Waals surface area contributed by atoms with Gasteiger partial charge >= 0.3 is 0 Å². The Balaban J connectivity index is 2.50. The molecular formula is C14H11BrF2O2. The summed E-state index contributed by atoms with van der Waals surface area (Å²) in [5.41, 5.74) is -0.00170. The highest BCUT2D eigenvalue weighted by Crippen LogP contribution is 2.33. The minimum atomic E-state index is -1.39. The van der Waals surface area contributed by atoms with E-state index >= 15 is 0 Å². The van der Waals surface area contributed by atoms with Gasteiger partial charge in [0.15, 0.2) is 0 Å². The minimum Gasteiger partial charge on any atom is -0.497 e. The van der Waals surface area contributed by atoms with Gasteiger partial charge in [-0.15, -0.1) is 0 Å². The summed E-state index contributed by atoms with van der Waals surface area (Å²) in [4.78, 5) is 0. The fourth-order valence-corrected chi connectivity index (χ4v) is 2.29. The fraction of sp³-hybridized carbons (Fsp3) is 0.143. The van der Waals surface area contributed by atoms with Crippen molar-refractivity contribution in [2.45, 2.75) is 6.10 Å². The van der Waals surface area contributed by atoms with Crippen molar-refractivity contribution < 1.29 is 18.6 Å². The molecule has 5 heteroatoms. The van der Waals surface area contributed by atoms with Crippen LogP contribution in [0.2, 0.25) is 0 Å². The number of aliphatic hydroxyl groups excluding tert-OH is 1. The van der Waals surface area contributed by atoms with Crippen LogP contribution in [0.3, 0.4) is 0 Å². The van der Waals surface area contributed by atoms with Crippen molar-refractivity contribution in [3.63, 3.8) is 0 Å². The monoisotopic (exact) mass is 328 g/mol. The van der Waals surface area contributed by atoms with E-state index in [0.717, 1.165) is 12.1 Å². The first kappa shape index (κ1) is 14.0. The minimum absolute atomic E-state index is 0.0677. The second-order valence-corrected chi connectivity index (χ2v) is 4.78. The number of aliphatic hydroxyl groups is 1. The number of benzene rings is 2. The molecule has 2 aromatic rings. The summed E-state index contributed by atoms with van der Waals surface area (Å²) in [5.74, 6) is -1.63. The highest BCUT2D eigenvalue weighted by molar-refractivity contribution is 9.10. The van der Waals surface area contributed by atoms with Gasteiger partial charge in [-0.05, 0) is 11.6 Å². The van der Waals surface area contributed by atoms with E-state index in [1.54, 1.807) is 24.3 Å². The second-order valence-electron chi connectivity index (χ2n) is 3.93. The van der Waals surface area contributed by atoms with E-state index in [0.29, 0.717) is 10.0 Å². The molecular weight excluding hydrogens is 318 g/mol. The molecule has 100 valence electrons. The number of rotatable bonds is 3. The summed E-state index contributed by atoms with van der Waals surface area (Å²) in [6.07, 6.45) is -1.39. The predicted molar refractivity (Wildman–Crippen MR) is 71.1 cm³/mol. The van der Waals surface area contributed by atoms with Gasteiger partial charge in [0.05, 0.1) is 12.7 Å². The average molecular weight is 329 g/mol. The third kappa shape index (κ3) is 2.77. The molecule has 0 aliphatic heterocycles. The van der Waals surface area contributed by atoms with E-state index in [9.17, 15) is 13.9 Å². The van der Waals surface area contributed by atoms with Crippen molar-refractivity contribution in [1.82, 2.24) is 0 Å². The fourth-order valence-electron chi connectivity index (χ4n) is 1.79. The van der Waals surface area contributed by atoms with E-state index in [1.165, 1.54) is 7.11 Å². The molecule has 0 saturated carbocycles. The Hall–Kier alpha value is -1.46. The molecule has 2 aromatic carbocycles. The van der Waals surface area contributed by atoms with Gasteiger partial charge in [-0.2, -0.15) is 0 Å². The van der Waals surface area contributed by atoms with Gasteiger partial charge in [0.1, 0.15) is 23.5 Å². The molecule has 1 atom stereocenters. The maximum atomic E-state index is 13.9. The van der Waals surface area contributed by atoms with Crippen LogP contribution in [-0.4, -0.2) is 12.2 Å². The van der Waals surface area contributed by atoms with Gasteiger partial charge in [0.2, 0.25) is 0 Å². The van der Waals surface area contributed by atoms with Crippen LogP contribution < -0.4 is 4.74 Å². The lowest BCUT2D eigenvalue weighted by molar-refractivity contribution is 0.208. The molecule has 0 amide bonds. The van der Waals surface area contributed by atoms with E-state index in [4.69, 9.17) is 4.74 Å². The Morgan fingerprint density at radius 1 is 1.16 bits per heavy atom. The maximum Gasteiger partial charge on any atom is 0.135 e. The zero-order valence-electron chi connectivity index (χ0n) is 10.0. The molecule has 0 aliphatic carbocycles. The Bertz CT molecular complexity index is 579. The summed E-state index contributed by atoms with van der Waals surface area (Å²) < 4.78 is 33.1. The smallest absolute Gasteiger partial charge is 0.135 e. The Kier molecular flexibility index (Phi) is 4.17. The van der Waals surface area contributed by atoms with Crippen molar-refractivity contribution in [2.75, 3.05) is 7.11 Å². The quantitative estimate of drug-likeness (QED) is 0.928. The number of ether oxygens (including phenoxy) is 1. The summed E-state index contributed by atoms with van der Waals surface area (Å²) in [6.45, 7) is 0. The third-order valence-corrected chi connectivity index (χ3v) is 3.48. The van der Waals surface area contributed by atoms with Crippen LogP contribution in [0.5, 0.6) is 5.75 Å². The lowest BCUT2D eigenvalue weighted by Crippen LogP contribution is -2.07. The van der Waals surface area contributed by atoms with Gasteiger partial charge < -0.3 is 9.84 Å². The van der Waals surface area contributed by atoms with E-state index in [-0.39, 0.29) is 5.75 Å². The van der Waals surface area contributed by atoms with E-state index in [2.05, 4.69) is 15.9 Å². The first-order chi connectivity index (χ1) is 9.04. The molecule has 19 heavy (non-hydrogen) atoms. The van der Waals surface area contributed by atoms with Crippen molar-refractivity contribution in [3.8, 4) is 5.75 Å². The largest absolute Gasteiger partial charge is 0.497 e. The van der Waals surface area contributed by atoms with Crippen LogP contribution in [0, 0.1) is 11.6 Å². The van der Waals surface area contributed by atoms with Gasteiger partial charge in [0.25, 0.3) is 0 Å². The predicted octanol–water partition coefficient (Wildman–Crippen LogP) is 3.82. The zero-order valence-corrected chi connectivity index (χ0v) is 11.6. The lowest BCUT2D eigenvalue weighted by Gasteiger charge is -2.15. The lowest BCUT2D eigenvalue weighted by atomic mass is 10.0. The average Bonchev–Trinajstić information content (AvgIpc) is 2.38. The van der Waals surface area contributed by atoms with Gasteiger partial charge in [-0.25, -0.2) is 8.78 Å². The highest BCUT2D eigenvalue weighted by Gasteiger charge is 2.22. The summed E-state index contributed by atoms with van der Waals surface area (Å²) in [6, 6.07) is 8.80.